The maximum atomic E-state index is 11.1. The highest BCUT2D eigenvalue weighted by molar-refractivity contribution is 6.00. The van der Waals surface area contributed by atoms with Gasteiger partial charge in [0.1, 0.15) is 6.07 Å². The Morgan fingerprint density at radius 2 is 2.15 bits per heavy atom. The van der Waals surface area contributed by atoms with E-state index in [-0.39, 0.29) is 11.5 Å². The highest BCUT2D eigenvalue weighted by atomic mass is 16.1. The first-order chi connectivity index (χ1) is 6.06. The summed E-state index contributed by atoms with van der Waals surface area (Å²) >= 11 is 0. The molecule has 0 heterocycles. The number of nitrogen functional groups attached to an aromatic ring is 1. The van der Waals surface area contributed by atoms with Crippen LogP contribution in [0.15, 0.2) is 12.1 Å². The topological polar surface area (TPSA) is 66.9 Å². The fourth-order valence-electron chi connectivity index (χ4n) is 1.18. The lowest BCUT2D eigenvalue weighted by atomic mass is 10.0. The zero-order chi connectivity index (χ0) is 10.0. The van der Waals surface area contributed by atoms with Gasteiger partial charge in [-0.1, -0.05) is 0 Å². The number of ketones is 1. The van der Waals surface area contributed by atoms with Crippen LogP contribution in [0.25, 0.3) is 0 Å². The summed E-state index contributed by atoms with van der Waals surface area (Å²) in [4.78, 5) is 11.1. The highest BCUT2D eigenvalue weighted by Crippen LogP contribution is 2.19. The van der Waals surface area contributed by atoms with Crippen LogP contribution in [-0.2, 0) is 0 Å². The summed E-state index contributed by atoms with van der Waals surface area (Å²) in [7, 11) is 0. The predicted molar refractivity (Wildman–Crippen MR) is 50.3 cm³/mol. The molecule has 0 aromatic heterocycles. The third-order valence-corrected chi connectivity index (χ3v) is 1.82. The van der Waals surface area contributed by atoms with Crippen molar-refractivity contribution in [2.45, 2.75) is 13.8 Å². The molecule has 0 aliphatic heterocycles. The van der Waals surface area contributed by atoms with E-state index >= 15 is 0 Å². The first-order valence-corrected chi connectivity index (χ1v) is 3.87. The SMILES string of the molecule is CC(=O)c1cc(C)cc(C#N)c1N. The largest absolute Gasteiger partial charge is 0.397 e. The van der Waals surface area contributed by atoms with Gasteiger partial charge in [0.2, 0.25) is 0 Å². The average Bonchev–Trinajstić information content (AvgIpc) is 2.08. The maximum Gasteiger partial charge on any atom is 0.161 e. The van der Waals surface area contributed by atoms with Crippen LogP contribution in [0.1, 0.15) is 28.4 Å². The standard InChI is InChI=1S/C10H10N2O/c1-6-3-8(5-11)10(12)9(4-6)7(2)13/h3-4H,12H2,1-2H3. The van der Waals surface area contributed by atoms with Crippen molar-refractivity contribution in [1.29, 1.82) is 5.26 Å². The summed E-state index contributed by atoms with van der Waals surface area (Å²) in [5, 5.41) is 8.71. The molecule has 0 spiro atoms. The van der Waals surface area contributed by atoms with Crippen LogP contribution in [0.4, 0.5) is 5.69 Å². The summed E-state index contributed by atoms with van der Waals surface area (Å²) in [5.74, 6) is -0.113. The van der Waals surface area contributed by atoms with Gasteiger partial charge in [0.05, 0.1) is 11.3 Å². The Morgan fingerprint density at radius 3 is 2.62 bits per heavy atom. The van der Waals surface area contributed by atoms with Crippen molar-refractivity contribution in [2.75, 3.05) is 5.73 Å². The van der Waals surface area contributed by atoms with E-state index in [1.165, 1.54) is 6.92 Å². The number of aryl methyl sites for hydroxylation is 1. The van der Waals surface area contributed by atoms with E-state index in [4.69, 9.17) is 11.0 Å². The van der Waals surface area contributed by atoms with Gasteiger partial charge in [0, 0.05) is 5.56 Å². The van der Waals surface area contributed by atoms with E-state index < -0.39 is 0 Å². The van der Waals surface area contributed by atoms with Crippen molar-refractivity contribution in [3.63, 3.8) is 0 Å². The third-order valence-electron chi connectivity index (χ3n) is 1.82. The average molecular weight is 174 g/mol. The van der Waals surface area contributed by atoms with Crippen LogP contribution in [0, 0.1) is 18.3 Å². The fraction of sp³-hybridized carbons (Fsp3) is 0.200. The number of hydrogen-bond donors (Lipinski definition) is 1. The van der Waals surface area contributed by atoms with Gasteiger partial charge in [-0.3, -0.25) is 4.79 Å². The summed E-state index contributed by atoms with van der Waals surface area (Å²) in [6, 6.07) is 5.32. The highest BCUT2D eigenvalue weighted by Gasteiger charge is 2.09. The van der Waals surface area contributed by atoms with E-state index in [0.717, 1.165) is 5.56 Å². The second-order valence-corrected chi connectivity index (χ2v) is 2.94. The predicted octanol–water partition coefficient (Wildman–Crippen LogP) is 1.65. The monoisotopic (exact) mass is 174 g/mol. The van der Waals surface area contributed by atoms with Gasteiger partial charge >= 0.3 is 0 Å². The first-order valence-electron chi connectivity index (χ1n) is 3.87. The van der Waals surface area contributed by atoms with E-state index in [1.807, 2.05) is 13.0 Å². The van der Waals surface area contributed by atoms with Crippen molar-refractivity contribution in [2.24, 2.45) is 0 Å². The van der Waals surface area contributed by atoms with Crippen LogP contribution in [0.5, 0.6) is 0 Å². The smallest absolute Gasteiger partial charge is 0.161 e. The Hall–Kier alpha value is -1.82. The van der Waals surface area contributed by atoms with E-state index in [9.17, 15) is 4.79 Å². The summed E-state index contributed by atoms with van der Waals surface area (Å²) in [6.45, 7) is 3.26. The number of anilines is 1. The zero-order valence-corrected chi connectivity index (χ0v) is 7.59. The number of Topliss-reactive ketones (excluding diaryl/α,β-unsaturated/α-hetero) is 1. The van der Waals surface area contributed by atoms with Crippen LogP contribution >= 0.6 is 0 Å². The first kappa shape index (κ1) is 9.27. The van der Waals surface area contributed by atoms with Crippen molar-refractivity contribution >= 4 is 11.5 Å². The molecule has 0 radical (unpaired) electrons. The van der Waals surface area contributed by atoms with Crippen molar-refractivity contribution in [1.82, 2.24) is 0 Å². The molecule has 0 aliphatic rings. The maximum absolute atomic E-state index is 11.1. The van der Waals surface area contributed by atoms with Gasteiger partial charge in [-0.25, -0.2) is 0 Å². The number of carbonyl (C=O) groups excluding carboxylic acids is 1. The number of carbonyl (C=O) groups is 1. The van der Waals surface area contributed by atoms with Crippen molar-refractivity contribution in [3.05, 3.63) is 28.8 Å². The third kappa shape index (κ3) is 1.67. The summed E-state index contributed by atoms with van der Waals surface area (Å²) in [5.41, 5.74) is 7.56. The second-order valence-electron chi connectivity index (χ2n) is 2.94. The Labute approximate surface area is 76.8 Å². The number of benzene rings is 1. The minimum atomic E-state index is -0.113. The molecule has 66 valence electrons. The van der Waals surface area contributed by atoms with Gasteiger partial charge < -0.3 is 5.73 Å². The molecular weight excluding hydrogens is 164 g/mol. The van der Waals surface area contributed by atoms with Gasteiger partial charge in [0.15, 0.2) is 5.78 Å². The lowest BCUT2D eigenvalue weighted by molar-refractivity contribution is 0.101. The number of rotatable bonds is 1. The molecule has 0 saturated heterocycles. The van der Waals surface area contributed by atoms with Crippen LogP contribution < -0.4 is 5.73 Å². The molecule has 0 atom stereocenters. The molecule has 0 saturated carbocycles. The number of nitriles is 1. The minimum Gasteiger partial charge on any atom is -0.397 e. The number of nitrogens with two attached hydrogens (primary N) is 1. The van der Waals surface area contributed by atoms with Crippen LogP contribution in [-0.4, -0.2) is 5.78 Å². The molecule has 3 nitrogen and oxygen atoms in total. The molecular formula is C10H10N2O. The Bertz CT molecular complexity index is 402. The van der Waals surface area contributed by atoms with Crippen LogP contribution in [0.2, 0.25) is 0 Å². The molecule has 2 N–H and O–H groups in total. The Balaban J connectivity index is 3.47. The Morgan fingerprint density at radius 1 is 1.54 bits per heavy atom. The summed E-state index contributed by atoms with van der Waals surface area (Å²) < 4.78 is 0. The quantitative estimate of drug-likeness (QED) is 0.520. The van der Waals surface area contributed by atoms with Gasteiger partial charge in [-0.05, 0) is 31.5 Å². The lowest BCUT2D eigenvalue weighted by Gasteiger charge is -2.04. The number of nitrogens with zero attached hydrogens (tertiary/aromatic N) is 1. The van der Waals surface area contributed by atoms with E-state index in [0.29, 0.717) is 11.1 Å². The zero-order valence-electron chi connectivity index (χ0n) is 7.59. The molecule has 1 aromatic carbocycles. The van der Waals surface area contributed by atoms with Crippen molar-refractivity contribution < 1.29 is 4.79 Å². The van der Waals surface area contributed by atoms with Gasteiger partial charge in [-0.2, -0.15) is 5.26 Å². The molecule has 0 unspecified atom stereocenters. The van der Waals surface area contributed by atoms with E-state index in [2.05, 4.69) is 0 Å². The van der Waals surface area contributed by atoms with Crippen LogP contribution in [0.3, 0.4) is 0 Å². The second kappa shape index (κ2) is 3.28. The van der Waals surface area contributed by atoms with Gasteiger partial charge in [-0.15, -0.1) is 0 Å². The summed E-state index contributed by atoms with van der Waals surface area (Å²) in [6.07, 6.45) is 0. The van der Waals surface area contributed by atoms with Crippen molar-refractivity contribution in [3.8, 4) is 6.07 Å². The molecule has 0 amide bonds. The lowest BCUT2D eigenvalue weighted by Crippen LogP contribution is -2.02. The normalized spacial score (nSPS) is 9.31. The molecule has 1 rings (SSSR count). The molecule has 13 heavy (non-hydrogen) atoms. The molecule has 3 heteroatoms. The molecule has 0 fully saturated rings. The van der Waals surface area contributed by atoms with E-state index in [1.54, 1.807) is 12.1 Å². The molecule has 0 aliphatic carbocycles. The van der Waals surface area contributed by atoms with Gasteiger partial charge in [0.25, 0.3) is 0 Å². The molecule has 0 bridgehead atoms. The fourth-order valence-corrected chi connectivity index (χ4v) is 1.18. The number of hydrogen-bond acceptors (Lipinski definition) is 3. The Kier molecular flexibility index (Phi) is 2.34. The minimum absolute atomic E-state index is 0.113. The molecule has 1 aromatic rings.